The van der Waals surface area contributed by atoms with Crippen molar-refractivity contribution in [2.75, 3.05) is 19.8 Å². The molecule has 1 fully saturated rings. The van der Waals surface area contributed by atoms with Gasteiger partial charge in [0.15, 0.2) is 6.61 Å². The van der Waals surface area contributed by atoms with Gasteiger partial charge in [-0.05, 0) is 0 Å². The molecule has 0 saturated carbocycles. The van der Waals surface area contributed by atoms with Crippen LogP contribution in [0.4, 0.5) is 8.78 Å². The first kappa shape index (κ1) is 14.7. The molecule has 0 amide bonds. The Morgan fingerprint density at radius 2 is 1.94 bits per heavy atom. The van der Waals surface area contributed by atoms with E-state index in [0.717, 1.165) is 0 Å². The van der Waals surface area contributed by atoms with Crippen LogP contribution in [0, 0.1) is 0 Å². The van der Waals surface area contributed by atoms with Crippen LogP contribution >= 0.6 is 0 Å². The second-order valence-corrected chi connectivity index (χ2v) is 4.67. The summed E-state index contributed by atoms with van der Waals surface area (Å²) < 4.78 is 66.3. The first-order valence-electron chi connectivity index (χ1n) is 4.44. The lowest BCUT2D eigenvalue weighted by molar-refractivity contribution is -0.169. The molecule has 1 unspecified atom stereocenters. The molecule has 18 heavy (non-hydrogen) atoms. The molecule has 11 heteroatoms. The summed E-state index contributed by atoms with van der Waals surface area (Å²) in [4.78, 5) is 21.5. The molecule has 0 aromatic heterocycles. The van der Waals surface area contributed by atoms with Gasteiger partial charge in [-0.2, -0.15) is 17.2 Å². The van der Waals surface area contributed by atoms with Crippen molar-refractivity contribution in [3.63, 3.8) is 0 Å². The van der Waals surface area contributed by atoms with Gasteiger partial charge in [-0.1, -0.05) is 0 Å². The number of carbonyl (C=O) groups is 2. The van der Waals surface area contributed by atoms with Gasteiger partial charge in [0.25, 0.3) is 0 Å². The van der Waals surface area contributed by atoms with Gasteiger partial charge in [-0.15, -0.1) is 0 Å². The van der Waals surface area contributed by atoms with Gasteiger partial charge in [0.1, 0.15) is 12.7 Å². The van der Waals surface area contributed by atoms with Crippen molar-refractivity contribution in [3.05, 3.63) is 0 Å². The number of carbonyl (C=O) groups excluding carboxylic acids is 2. The Morgan fingerprint density at radius 3 is 2.39 bits per heavy atom. The van der Waals surface area contributed by atoms with E-state index in [4.69, 9.17) is 4.55 Å². The molecule has 0 aromatic carbocycles. The zero-order valence-electron chi connectivity index (χ0n) is 8.67. The van der Waals surface area contributed by atoms with Crippen LogP contribution in [0.1, 0.15) is 0 Å². The number of rotatable bonds is 6. The van der Waals surface area contributed by atoms with Crippen LogP contribution < -0.4 is 0 Å². The first-order valence-corrected chi connectivity index (χ1v) is 5.88. The average molecular weight is 290 g/mol. The number of hydrogen-bond donors (Lipinski definition) is 1. The highest BCUT2D eigenvalue weighted by Crippen LogP contribution is 2.22. The van der Waals surface area contributed by atoms with E-state index in [1.807, 2.05) is 0 Å². The molecule has 0 aromatic rings. The fraction of sp³-hybridized carbons (Fsp3) is 0.714. The van der Waals surface area contributed by atoms with Crippen molar-refractivity contribution in [1.82, 2.24) is 0 Å². The second-order valence-electron chi connectivity index (χ2n) is 3.21. The standard InChI is InChI=1S/C7H8F2O8S/c8-7(9,18(12,13)14)6(11)17-3-5(10)16-2-4-1-15-4/h4H,1-3H2,(H,12,13,14). The summed E-state index contributed by atoms with van der Waals surface area (Å²) in [5.41, 5.74) is 0. The molecule has 104 valence electrons. The third kappa shape index (κ3) is 3.85. The highest BCUT2D eigenvalue weighted by molar-refractivity contribution is 7.87. The second kappa shape index (κ2) is 5.12. The molecule has 0 bridgehead atoms. The number of epoxide rings is 1. The van der Waals surface area contributed by atoms with Crippen molar-refractivity contribution < 1.29 is 45.6 Å². The largest absolute Gasteiger partial charge is 0.465 e. The number of halogens is 2. The van der Waals surface area contributed by atoms with Crippen molar-refractivity contribution in [2.24, 2.45) is 0 Å². The van der Waals surface area contributed by atoms with Crippen molar-refractivity contribution in [3.8, 4) is 0 Å². The average Bonchev–Trinajstić information content (AvgIpc) is 3.04. The molecule has 1 atom stereocenters. The molecule has 0 spiro atoms. The lowest BCUT2D eigenvalue weighted by atomic mass is 10.5. The molecule has 1 heterocycles. The van der Waals surface area contributed by atoms with Gasteiger partial charge in [0.2, 0.25) is 0 Å². The Hall–Kier alpha value is -1.33. The molecule has 0 radical (unpaired) electrons. The van der Waals surface area contributed by atoms with Crippen molar-refractivity contribution in [1.29, 1.82) is 0 Å². The molecule has 8 nitrogen and oxygen atoms in total. The molecule has 0 aliphatic carbocycles. The van der Waals surface area contributed by atoms with E-state index in [9.17, 15) is 26.8 Å². The van der Waals surface area contributed by atoms with Gasteiger partial charge in [0.05, 0.1) is 6.61 Å². The van der Waals surface area contributed by atoms with E-state index in [0.29, 0.717) is 6.61 Å². The third-order valence-electron chi connectivity index (χ3n) is 1.72. The summed E-state index contributed by atoms with van der Waals surface area (Å²) in [6.07, 6.45) is -0.260. The first-order chi connectivity index (χ1) is 8.14. The van der Waals surface area contributed by atoms with E-state index in [2.05, 4.69) is 14.2 Å². The molecule has 1 aliphatic heterocycles. The minimum absolute atomic E-state index is 0.120. The zero-order valence-corrected chi connectivity index (χ0v) is 9.48. The summed E-state index contributed by atoms with van der Waals surface area (Å²) >= 11 is 0. The summed E-state index contributed by atoms with van der Waals surface area (Å²) in [6, 6.07) is 0. The maximum absolute atomic E-state index is 12.6. The van der Waals surface area contributed by atoms with E-state index in [-0.39, 0.29) is 12.7 Å². The van der Waals surface area contributed by atoms with Crippen LogP contribution in [0.3, 0.4) is 0 Å². The van der Waals surface area contributed by atoms with E-state index < -0.39 is 33.9 Å². The quantitative estimate of drug-likeness (QED) is 0.374. The maximum atomic E-state index is 12.6. The lowest BCUT2D eigenvalue weighted by Gasteiger charge is -2.11. The van der Waals surface area contributed by atoms with Gasteiger partial charge in [-0.25, -0.2) is 9.59 Å². The minimum atomic E-state index is -5.95. The Labute approximate surface area is 99.5 Å². The fourth-order valence-electron chi connectivity index (χ4n) is 0.706. The van der Waals surface area contributed by atoms with E-state index >= 15 is 0 Å². The summed E-state index contributed by atoms with van der Waals surface area (Å²) in [5, 5.41) is -5.13. The number of ether oxygens (including phenoxy) is 3. The van der Waals surface area contributed by atoms with Gasteiger partial charge in [0, 0.05) is 0 Å². The van der Waals surface area contributed by atoms with Crippen LogP contribution in [0.25, 0.3) is 0 Å². The predicted molar refractivity (Wildman–Crippen MR) is 48.2 cm³/mol. The van der Waals surface area contributed by atoms with Gasteiger partial charge in [-0.3, -0.25) is 4.55 Å². The summed E-state index contributed by atoms with van der Waals surface area (Å²) in [5.74, 6) is -3.71. The Morgan fingerprint density at radius 1 is 1.39 bits per heavy atom. The molecular weight excluding hydrogens is 282 g/mol. The maximum Gasteiger partial charge on any atom is 0.465 e. The zero-order chi connectivity index (χ0) is 14.0. The number of esters is 2. The molecule has 1 saturated heterocycles. The molecular formula is C7H8F2O8S. The van der Waals surface area contributed by atoms with E-state index in [1.165, 1.54) is 0 Å². The Kier molecular flexibility index (Phi) is 4.19. The fourth-order valence-corrected chi connectivity index (χ4v) is 0.975. The third-order valence-corrected chi connectivity index (χ3v) is 2.53. The molecule has 1 aliphatic rings. The van der Waals surface area contributed by atoms with E-state index in [1.54, 1.807) is 0 Å². The molecule has 1 N–H and O–H groups in total. The molecule has 1 rings (SSSR count). The van der Waals surface area contributed by atoms with Gasteiger partial charge < -0.3 is 14.2 Å². The van der Waals surface area contributed by atoms with Crippen LogP contribution in [-0.4, -0.2) is 56.1 Å². The normalized spacial score (nSPS) is 19.2. The Balaban J connectivity index is 2.37. The van der Waals surface area contributed by atoms with Crippen LogP contribution in [0.5, 0.6) is 0 Å². The van der Waals surface area contributed by atoms with Crippen LogP contribution in [0.15, 0.2) is 0 Å². The SMILES string of the molecule is O=C(COC(=O)C(F)(F)S(=O)(=O)O)OCC1CO1. The monoisotopic (exact) mass is 290 g/mol. The lowest BCUT2D eigenvalue weighted by Crippen LogP contribution is -2.39. The highest BCUT2D eigenvalue weighted by atomic mass is 32.2. The number of alkyl halides is 2. The summed E-state index contributed by atoms with van der Waals surface area (Å²) in [6.45, 7) is -0.921. The van der Waals surface area contributed by atoms with Crippen LogP contribution in [-0.2, 0) is 33.9 Å². The highest BCUT2D eigenvalue weighted by Gasteiger charge is 2.54. The number of hydrogen-bond acceptors (Lipinski definition) is 7. The van der Waals surface area contributed by atoms with Crippen molar-refractivity contribution in [2.45, 2.75) is 11.4 Å². The minimum Gasteiger partial charge on any atom is -0.460 e. The van der Waals surface area contributed by atoms with Gasteiger partial charge >= 0.3 is 27.3 Å². The topological polar surface area (TPSA) is 120 Å². The Bertz CT molecular complexity index is 440. The summed E-state index contributed by atoms with van der Waals surface area (Å²) in [7, 11) is -5.95. The predicted octanol–water partition coefficient (Wildman–Crippen LogP) is -1.05. The smallest absolute Gasteiger partial charge is 0.460 e. The van der Waals surface area contributed by atoms with Crippen LogP contribution in [0.2, 0.25) is 0 Å². The van der Waals surface area contributed by atoms with Crippen molar-refractivity contribution >= 4 is 22.1 Å².